The molecule has 0 spiro atoms. The minimum atomic E-state index is -0.320. The summed E-state index contributed by atoms with van der Waals surface area (Å²) >= 11 is 0. The fraction of sp³-hybridized carbons (Fsp3) is 0.786. The zero-order valence-electron chi connectivity index (χ0n) is 11.5. The predicted octanol–water partition coefficient (Wildman–Crippen LogP) is 2.08. The number of carbonyl (C=O) groups is 1. The molecule has 0 amide bonds. The van der Waals surface area contributed by atoms with Gasteiger partial charge in [0.2, 0.25) is 0 Å². The highest BCUT2D eigenvalue weighted by Gasteiger charge is 2.59. The van der Waals surface area contributed by atoms with Crippen molar-refractivity contribution >= 4 is 5.97 Å². The first-order valence-electron chi connectivity index (χ1n) is 6.51. The zero-order chi connectivity index (χ0) is 13.4. The van der Waals surface area contributed by atoms with E-state index in [0.29, 0.717) is 24.9 Å². The van der Waals surface area contributed by atoms with Gasteiger partial charge in [0.1, 0.15) is 6.61 Å². The third kappa shape index (κ3) is 2.31. The lowest BCUT2D eigenvalue weighted by atomic mass is 9.65. The summed E-state index contributed by atoms with van der Waals surface area (Å²) in [4.78, 5) is 11.5. The molecule has 0 aromatic carbocycles. The molecule has 0 bridgehead atoms. The Bertz CT molecular complexity index is 357. The van der Waals surface area contributed by atoms with Crippen LogP contribution in [0.25, 0.3) is 0 Å². The van der Waals surface area contributed by atoms with Crippen molar-refractivity contribution < 1.29 is 19.0 Å². The van der Waals surface area contributed by atoms with E-state index in [1.807, 2.05) is 0 Å². The molecule has 0 N–H and O–H groups in total. The van der Waals surface area contributed by atoms with Gasteiger partial charge < -0.3 is 14.2 Å². The van der Waals surface area contributed by atoms with Crippen LogP contribution in [0.2, 0.25) is 0 Å². The molecular formula is C14H22O4. The predicted molar refractivity (Wildman–Crippen MR) is 67.2 cm³/mol. The maximum absolute atomic E-state index is 11.5. The van der Waals surface area contributed by atoms with Crippen molar-refractivity contribution in [1.29, 1.82) is 0 Å². The van der Waals surface area contributed by atoms with Gasteiger partial charge in [-0.3, -0.25) is 0 Å². The van der Waals surface area contributed by atoms with Crippen molar-refractivity contribution in [3.8, 4) is 0 Å². The van der Waals surface area contributed by atoms with Crippen molar-refractivity contribution in [1.82, 2.24) is 0 Å². The molecule has 0 aliphatic carbocycles. The summed E-state index contributed by atoms with van der Waals surface area (Å²) in [6, 6.07) is 0. The van der Waals surface area contributed by atoms with E-state index in [1.54, 1.807) is 6.92 Å². The van der Waals surface area contributed by atoms with Crippen molar-refractivity contribution in [3.05, 3.63) is 12.2 Å². The molecule has 102 valence electrons. The fourth-order valence-corrected chi connectivity index (χ4v) is 2.52. The van der Waals surface area contributed by atoms with Gasteiger partial charge >= 0.3 is 5.97 Å². The molecular weight excluding hydrogens is 232 g/mol. The molecule has 2 fully saturated rings. The van der Waals surface area contributed by atoms with Crippen LogP contribution in [-0.4, -0.2) is 37.5 Å². The van der Waals surface area contributed by atoms with E-state index in [0.717, 1.165) is 19.4 Å². The number of hydrogen-bond donors (Lipinski definition) is 0. The van der Waals surface area contributed by atoms with E-state index in [-0.39, 0.29) is 17.0 Å². The van der Waals surface area contributed by atoms with Gasteiger partial charge in [-0.25, -0.2) is 4.79 Å². The fourth-order valence-electron chi connectivity index (χ4n) is 2.52. The summed E-state index contributed by atoms with van der Waals surface area (Å²) in [5.74, 6) is -0.320. The monoisotopic (exact) mass is 254 g/mol. The summed E-state index contributed by atoms with van der Waals surface area (Å²) in [6.45, 7) is 11.3. The van der Waals surface area contributed by atoms with E-state index < -0.39 is 0 Å². The SMILES string of the molecule is C=C(C)C(=O)OCC1(CC)COC1(C)CC1CO1. The smallest absolute Gasteiger partial charge is 0.333 e. The highest BCUT2D eigenvalue weighted by molar-refractivity contribution is 5.86. The zero-order valence-corrected chi connectivity index (χ0v) is 11.5. The van der Waals surface area contributed by atoms with Gasteiger partial charge in [0.05, 0.1) is 30.3 Å². The Kier molecular flexibility index (Phi) is 3.52. The summed E-state index contributed by atoms with van der Waals surface area (Å²) < 4.78 is 16.4. The van der Waals surface area contributed by atoms with Gasteiger partial charge in [-0.15, -0.1) is 0 Å². The number of hydrogen-bond acceptors (Lipinski definition) is 4. The van der Waals surface area contributed by atoms with Gasteiger partial charge in [0, 0.05) is 12.0 Å². The van der Waals surface area contributed by atoms with Crippen LogP contribution in [0.5, 0.6) is 0 Å². The van der Waals surface area contributed by atoms with E-state index in [2.05, 4.69) is 20.4 Å². The number of ether oxygens (including phenoxy) is 3. The number of esters is 1. The highest BCUT2D eigenvalue weighted by Crippen LogP contribution is 2.51. The van der Waals surface area contributed by atoms with Crippen LogP contribution in [0, 0.1) is 5.41 Å². The lowest BCUT2D eigenvalue weighted by Gasteiger charge is -2.56. The summed E-state index contributed by atoms with van der Waals surface area (Å²) in [5.41, 5.74) is 0.122. The molecule has 3 unspecified atom stereocenters. The van der Waals surface area contributed by atoms with Crippen LogP contribution in [0.3, 0.4) is 0 Å². The van der Waals surface area contributed by atoms with Crippen LogP contribution < -0.4 is 0 Å². The first-order chi connectivity index (χ1) is 8.42. The minimum absolute atomic E-state index is 0.0793. The standard InChI is InChI=1S/C14H22O4/c1-5-14(8-17-12(15)10(2)3)9-18-13(14,4)6-11-7-16-11/h11H,2,5-9H2,1,3-4H3. The molecule has 3 atom stereocenters. The van der Waals surface area contributed by atoms with Gasteiger partial charge in [-0.2, -0.15) is 0 Å². The van der Waals surface area contributed by atoms with Crippen molar-refractivity contribution in [2.75, 3.05) is 19.8 Å². The maximum atomic E-state index is 11.5. The molecule has 0 saturated carbocycles. The van der Waals surface area contributed by atoms with Crippen LogP contribution in [0.4, 0.5) is 0 Å². The lowest BCUT2D eigenvalue weighted by molar-refractivity contribution is -0.278. The Morgan fingerprint density at radius 3 is 2.61 bits per heavy atom. The Balaban J connectivity index is 1.97. The van der Waals surface area contributed by atoms with E-state index >= 15 is 0 Å². The highest BCUT2D eigenvalue weighted by atomic mass is 16.6. The van der Waals surface area contributed by atoms with Crippen LogP contribution in [-0.2, 0) is 19.0 Å². The molecule has 4 nitrogen and oxygen atoms in total. The molecule has 2 aliphatic heterocycles. The van der Waals surface area contributed by atoms with Crippen molar-refractivity contribution in [3.63, 3.8) is 0 Å². The van der Waals surface area contributed by atoms with Gasteiger partial charge in [0.25, 0.3) is 0 Å². The normalized spacial score (nSPS) is 37.8. The molecule has 4 heteroatoms. The number of carbonyl (C=O) groups excluding carboxylic acids is 1. The second-order valence-corrected chi connectivity index (χ2v) is 5.67. The van der Waals surface area contributed by atoms with Gasteiger partial charge in [-0.1, -0.05) is 13.5 Å². The Labute approximate surface area is 108 Å². The second-order valence-electron chi connectivity index (χ2n) is 5.67. The average Bonchev–Trinajstić information content (AvgIpc) is 3.12. The molecule has 18 heavy (non-hydrogen) atoms. The molecule has 2 rings (SSSR count). The lowest BCUT2D eigenvalue weighted by Crippen LogP contribution is -2.64. The van der Waals surface area contributed by atoms with E-state index in [4.69, 9.17) is 14.2 Å². The summed E-state index contributed by atoms with van der Waals surface area (Å²) in [6.07, 6.45) is 2.13. The molecule has 0 aromatic rings. The second kappa shape index (κ2) is 4.67. The first kappa shape index (κ1) is 13.6. The Hall–Kier alpha value is -0.870. The Morgan fingerprint density at radius 2 is 2.22 bits per heavy atom. The van der Waals surface area contributed by atoms with Crippen LogP contribution >= 0.6 is 0 Å². The largest absolute Gasteiger partial charge is 0.462 e. The number of epoxide rings is 1. The van der Waals surface area contributed by atoms with E-state index in [9.17, 15) is 4.79 Å². The Morgan fingerprint density at radius 1 is 1.56 bits per heavy atom. The molecule has 2 saturated heterocycles. The maximum Gasteiger partial charge on any atom is 0.333 e. The van der Waals surface area contributed by atoms with E-state index in [1.165, 1.54) is 0 Å². The minimum Gasteiger partial charge on any atom is -0.462 e. The topological polar surface area (TPSA) is 48.1 Å². The van der Waals surface area contributed by atoms with Crippen LogP contribution in [0.1, 0.15) is 33.6 Å². The molecule has 0 aromatic heterocycles. The molecule has 0 radical (unpaired) electrons. The third-order valence-corrected chi connectivity index (χ3v) is 4.31. The first-order valence-corrected chi connectivity index (χ1v) is 6.51. The van der Waals surface area contributed by atoms with Gasteiger partial charge in [0.15, 0.2) is 0 Å². The van der Waals surface area contributed by atoms with Gasteiger partial charge in [-0.05, 0) is 20.3 Å². The average molecular weight is 254 g/mol. The number of rotatable bonds is 6. The van der Waals surface area contributed by atoms with Crippen molar-refractivity contribution in [2.24, 2.45) is 5.41 Å². The van der Waals surface area contributed by atoms with Crippen LogP contribution in [0.15, 0.2) is 12.2 Å². The van der Waals surface area contributed by atoms with Crippen molar-refractivity contribution in [2.45, 2.75) is 45.3 Å². The molecule has 2 heterocycles. The summed E-state index contributed by atoms with van der Waals surface area (Å²) in [5, 5.41) is 0. The third-order valence-electron chi connectivity index (χ3n) is 4.31. The quantitative estimate of drug-likeness (QED) is 0.413. The summed E-state index contributed by atoms with van der Waals surface area (Å²) in [7, 11) is 0. The molecule has 2 aliphatic rings.